The lowest BCUT2D eigenvalue weighted by molar-refractivity contribution is 0.558. The molecule has 0 atom stereocenters. The summed E-state index contributed by atoms with van der Waals surface area (Å²) in [6, 6.07) is 7.93. The van der Waals surface area contributed by atoms with Crippen molar-refractivity contribution in [3.63, 3.8) is 0 Å². The minimum Gasteiger partial charge on any atom is -0.451 e. The van der Waals surface area contributed by atoms with E-state index in [1.165, 1.54) is 6.39 Å². The SMILES string of the molecule is ClCc1cccc(-c2cocn2)c1. The van der Waals surface area contributed by atoms with E-state index in [9.17, 15) is 0 Å². The summed E-state index contributed by atoms with van der Waals surface area (Å²) < 4.78 is 4.90. The van der Waals surface area contributed by atoms with Gasteiger partial charge in [-0.2, -0.15) is 0 Å². The van der Waals surface area contributed by atoms with Crippen molar-refractivity contribution in [1.29, 1.82) is 0 Å². The maximum atomic E-state index is 5.72. The van der Waals surface area contributed by atoms with Crippen LogP contribution in [0.5, 0.6) is 0 Å². The van der Waals surface area contributed by atoms with Crippen molar-refractivity contribution in [2.75, 3.05) is 0 Å². The predicted molar refractivity (Wildman–Crippen MR) is 51.5 cm³/mol. The fourth-order valence-electron chi connectivity index (χ4n) is 1.17. The monoisotopic (exact) mass is 193 g/mol. The molecule has 0 saturated carbocycles. The van der Waals surface area contributed by atoms with Crippen molar-refractivity contribution in [2.24, 2.45) is 0 Å². The van der Waals surface area contributed by atoms with Crippen molar-refractivity contribution >= 4 is 11.6 Å². The minimum absolute atomic E-state index is 0.520. The van der Waals surface area contributed by atoms with E-state index in [2.05, 4.69) is 4.98 Å². The molecule has 0 aliphatic carbocycles. The third-order valence-electron chi connectivity index (χ3n) is 1.81. The van der Waals surface area contributed by atoms with Gasteiger partial charge in [-0.1, -0.05) is 18.2 Å². The molecule has 2 aromatic rings. The molecule has 0 bridgehead atoms. The third-order valence-corrected chi connectivity index (χ3v) is 2.12. The second-order valence-electron chi connectivity index (χ2n) is 2.71. The van der Waals surface area contributed by atoms with Gasteiger partial charge < -0.3 is 4.42 Å². The van der Waals surface area contributed by atoms with E-state index in [0.29, 0.717) is 5.88 Å². The molecule has 0 spiro atoms. The van der Waals surface area contributed by atoms with Crippen LogP contribution in [0.3, 0.4) is 0 Å². The smallest absolute Gasteiger partial charge is 0.181 e. The number of rotatable bonds is 2. The summed E-state index contributed by atoms with van der Waals surface area (Å²) in [6.07, 6.45) is 3.04. The molecule has 3 heteroatoms. The van der Waals surface area contributed by atoms with E-state index >= 15 is 0 Å². The molecule has 1 heterocycles. The maximum Gasteiger partial charge on any atom is 0.181 e. The molecule has 0 fully saturated rings. The van der Waals surface area contributed by atoms with Gasteiger partial charge in [-0.25, -0.2) is 4.98 Å². The summed E-state index contributed by atoms with van der Waals surface area (Å²) in [5.41, 5.74) is 2.96. The van der Waals surface area contributed by atoms with Crippen molar-refractivity contribution < 1.29 is 4.42 Å². The van der Waals surface area contributed by atoms with Crippen LogP contribution in [0.15, 0.2) is 41.3 Å². The average molecular weight is 194 g/mol. The Morgan fingerprint density at radius 2 is 2.31 bits per heavy atom. The Bertz CT molecular complexity index is 384. The van der Waals surface area contributed by atoms with E-state index in [1.54, 1.807) is 6.26 Å². The lowest BCUT2D eigenvalue weighted by Crippen LogP contribution is -1.80. The van der Waals surface area contributed by atoms with Crippen LogP contribution < -0.4 is 0 Å². The highest BCUT2D eigenvalue weighted by Crippen LogP contribution is 2.18. The fraction of sp³-hybridized carbons (Fsp3) is 0.100. The Balaban J connectivity index is 2.41. The van der Waals surface area contributed by atoms with Crippen LogP contribution in [0, 0.1) is 0 Å². The molecule has 2 nitrogen and oxygen atoms in total. The lowest BCUT2D eigenvalue weighted by atomic mass is 10.1. The molecule has 0 amide bonds. The molecule has 0 aliphatic rings. The zero-order valence-electron chi connectivity index (χ0n) is 6.90. The van der Waals surface area contributed by atoms with Crippen molar-refractivity contribution in [1.82, 2.24) is 4.98 Å². The van der Waals surface area contributed by atoms with E-state index in [0.717, 1.165) is 16.8 Å². The van der Waals surface area contributed by atoms with Gasteiger partial charge in [0.15, 0.2) is 6.39 Å². The number of hydrogen-bond acceptors (Lipinski definition) is 2. The van der Waals surface area contributed by atoms with Gasteiger partial charge in [0.05, 0.1) is 0 Å². The molecule has 1 aromatic heterocycles. The summed E-state index contributed by atoms with van der Waals surface area (Å²) in [5, 5.41) is 0. The normalized spacial score (nSPS) is 10.2. The molecule has 0 saturated heterocycles. The number of aromatic nitrogens is 1. The second kappa shape index (κ2) is 3.62. The van der Waals surface area contributed by atoms with Crippen LogP contribution in [0.1, 0.15) is 5.56 Å². The van der Waals surface area contributed by atoms with Crippen molar-refractivity contribution in [3.8, 4) is 11.3 Å². The Labute approximate surface area is 81.2 Å². The Kier molecular flexibility index (Phi) is 2.32. The highest BCUT2D eigenvalue weighted by molar-refractivity contribution is 6.17. The second-order valence-corrected chi connectivity index (χ2v) is 2.97. The highest BCUT2D eigenvalue weighted by atomic mass is 35.5. The quantitative estimate of drug-likeness (QED) is 0.686. The number of halogens is 1. The molecule has 13 heavy (non-hydrogen) atoms. The average Bonchev–Trinajstić information content (AvgIpc) is 2.71. The van der Waals surface area contributed by atoms with Crippen molar-refractivity contribution in [3.05, 3.63) is 42.5 Å². The molecule has 2 rings (SSSR count). The van der Waals surface area contributed by atoms with Crippen molar-refractivity contribution in [2.45, 2.75) is 5.88 Å². The number of benzene rings is 1. The first-order chi connectivity index (χ1) is 6.40. The summed E-state index contributed by atoms with van der Waals surface area (Å²) in [4.78, 5) is 4.05. The van der Waals surface area contributed by atoms with Crippen LogP contribution in [0.4, 0.5) is 0 Å². The minimum atomic E-state index is 0.520. The van der Waals surface area contributed by atoms with Gasteiger partial charge in [0.25, 0.3) is 0 Å². The molecule has 0 unspecified atom stereocenters. The van der Waals surface area contributed by atoms with Gasteiger partial charge in [0.2, 0.25) is 0 Å². The van der Waals surface area contributed by atoms with Gasteiger partial charge in [-0.15, -0.1) is 11.6 Å². The van der Waals surface area contributed by atoms with Gasteiger partial charge in [-0.3, -0.25) is 0 Å². The first-order valence-corrected chi connectivity index (χ1v) is 4.47. The summed E-state index contributed by atoms with van der Waals surface area (Å²) >= 11 is 5.72. The molecule has 66 valence electrons. The van der Waals surface area contributed by atoms with E-state index in [4.69, 9.17) is 16.0 Å². The Hall–Kier alpha value is -1.28. The Morgan fingerprint density at radius 1 is 1.38 bits per heavy atom. The molecular weight excluding hydrogens is 186 g/mol. The predicted octanol–water partition coefficient (Wildman–Crippen LogP) is 3.08. The van der Waals surface area contributed by atoms with Gasteiger partial charge in [0, 0.05) is 11.4 Å². The topological polar surface area (TPSA) is 26.0 Å². The van der Waals surface area contributed by atoms with E-state index in [1.807, 2.05) is 24.3 Å². The van der Waals surface area contributed by atoms with E-state index < -0.39 is 0 Å². The van der Waals surface area contributed by atoms with Gasteiger partial charge in [0.1, 0.15) is 12.0 Å². The van der Waals surface area contributed by atoms with Gasteiger partial charge >= 0.3 is 0 Å². The Morgan fingerprint density at radius 3 is 3.00 bits per heavy atom. The molecule has 0 radical (unpaired) electrons. The molecular formula is C10H8ClNO. The number of nitrogens with zero attached hydrogens (tertiary/aromatic N) is 1. The first-order valence-electron chi connectivity index (χ1n) is 3.93. The summed E-state index contributed by atoms with van der Waals surface area (Å²) in [5.74, 6) is 0.520. The van der Waals surface area contributed by atoms with Crippen LogP contribution >= 0.6 is 11.6 Å². The summed E-state index contributed by atoms with van der Waals surface area (Å²) in [7, 11) is 0. The summed E-state index contributed by atoms with van der Waals surface area (Å²) in [6.45, 7) is 0. The van der Waals surface area contributed by atoms with Crippen LogP contribution in [-0.2, 0) is 5.88 Å². The largest absolute Gasteiger partial charge is 0.451 e. The molecule has 0 aliphatic heterocycles. The highest BCUT2D eigenvalue weighted by Gasteiger charge is 2.00. The number of alkyl halides is 1. The van der Waals surface area contributed by atoms with Crippen LogP contribution in [-0.4, -0.2) is 4.98 Å². The first kappa shape index (κ1) is 8.32. The van der Waals surface area contributed by atoms with E-state index in [-0.39, 0.29) is 0 Å². The standard InChI is InChI=1S/C10H8ClNO/c11-5-8-2-1-3-9(4-8)10-6-13-7-12-10/h1-4,6-7H,5H2. The molecule has 1 aromatic carbocycles. The third kappa shape index (κ3) is 1.73. The lowest BCUT2D eigenvalue weighted by Gasteiger charge is -1.98. The number of oxazole rings is 1. The van der Waals surface area contributed by atoms with Crippen LogP contribution in [0.2, 0.25) is 0 Å². The zero-order valence-corrected chi connectivity index (χ0v) is 7.66. The van der Waals surface area contributed by atoms with Gasteiger partial charge in [-0.05, 0) is 11.6 Å². The number of hydrogen-bond donors (Lipinski definition) is 0. The van der Waals surface area contributed by atoms with Crippen LogP contribution in [0.25, 0.3) is 11.3 Å². The maximum absolute atomic E-state index is 5.72. The zero-order chi connectivity index (χ0) is 9.10. The molecule has 0 N–H and O–H groups in total. The fourth-order valence-corrected chi connectivity index (χ4v) is 1.34.